The summed E-state index contributed by atoms with van der Waals surface area (Å²) >= 11 is 0. The summed E-state index contributed by atoms with van der Waals surface area (Å²) in [4.78, 5) is 26.0. The molecule has 0 bridgehead atoms. The van der Waals surface area contributed by atoms with E-state index < -0.39 is 0 Å². The molecule has 1 atom stereocenters. The minimum Gasteiger partial charge on any atom is -0.508 e. The number of phenolic OH excluding ortho intramolecular Hbond substituents is 1. The topological polar surface area (TPSA) is 69.6 Å². The summed E-state index contributed by atoms with van der Waals surface area (Å²) in [5.74, 6) is 0.309. The van der Waals surface area contributed by atoms with Crippen LogP contribution in [0.15, 0.2) is 24.3 Å². The second-order valence-corrected chi connectivity index (χ2v) is 6.92. The van der Waals surface area contributed by atoms with E-state index in [-0.39, 0.29) is 28.9 Å². The van der Waals surface area contributed by atoms with Crippen LogP contribution in [-0.2, 0) is 9.59 Å². The zero-order chi connectivity index (χ0) is 16.4. The monoisotopic (exact) mass is 316 g/mol. The summed E-state index contributed by atoms with van der Waals surface area (Å²) in [6.07, 6.45) is 3.47. The number of benzene rings is 1. The van der Waals surface area contributed by atoms with E-state index in [1.54, 1.807) is 24.3 Å². The van der Waals surface area contributed by atoms with Crippen molar-refractivity contribution < 1.29 is 14.7 Å². The number of rotatable bonds is 2. The van der Waals surface area contributed by atoms with Crippen molar-refractivity contribution in [1.29, 1.82) is 0 Å². The zero-order valence-electron chi connectivity index (χ0n) is 13.5. The predicted octanol–water partition coefficient (Wildman–Crippen LogP) is 2.01. The minimum atomic E-state index is -0.198. The Hall–Kier alpha value is -2.04. The van der Waals surface area contributed by atoms with E-state index in [4.69, 9.17) is 0 Å². The van der Waals surface area contributed by atoms with Crippen LogP contribution in [0.25, 0.3) is 0 Å². The van der Waals surface area contributed by atoms with Crippen LogP contribution in [-0.4, -0.2) is 41.5 Å². The van der Waals surface area contributed by atoms with Gasteiger partial charge in [-0.05, 0) is 49.3 Å². The summed E-state index contributed by atoms with van der Waals surface area (Å²) < 4.78 is 0. The number of amides is 2. The van der Waals surface area contributed by atoms with Crippen molar-refractivity contribution in [1.82, 2.24) is 10.2 Å². The second kappa shape index (κ2) is 6.22. The number of carbonyl (C=O) groups excluding carboxylic acids is 2. The number of aromatic hydroxyl groups is 1. The lowest BCUT2D eigenvalue weighted by atomic mass is 9.73. The number of hydrogen-bond acceptors (Lipinski definition) is 3. The molecule has 1 aromatic carbocycles. The molecule has 5 nitrogen and oxygen atoms in total. The van der Waals surface area contributed by atoms with Crippen molar-refractivity contribution in [2.75, 3.05) is 19.6 Å². The van der Waals surface area contributed by atoms with Gasteiger partial charge in [0.25, 0.3) is 0 Å². The van der Waals surface area contributed by atoms with Crippen molar-refractivity contribution in [3.8, 4) is 5.75 Å². The Morgan fingerprint density at radius 2 is 1.87 bits per heavy atom. The molecule has 1 aromatic rings. The van der Waals surface area contributed by atoms with Gasteiger partial charge in [0.15, 0.2) is 0 Å². The molecule has 3 rings (SSSR count). The van der Waals surface area contributed by atoms with Gasteiger partial charge in [0.2, 0.25) is 11.8 Å². The number of nitrogens with zero attached hydrogens (tertiary/aromatic N) is 1. The highest BCUT2D eigenvalue weighted by Crippen LogP contribution is 2.38. The Morgan fingerprint density at radius 1 is 1.22 bits per heavy atom. The predicted molar refractivity (Wildman–Crippen MR) is 87.0 cm³/mol. The molecule has 2 aliphatic rings. The minimum absolute atomic E-state index is 0.144. The van der Waals surface area contributed by atoms with Crippen LogP contribution in [0.5, 0.6) is 5.75 Å². The van der Waals surface area contributed by atoms with E-state index in [0.717, 1.165) is 44.5 Å². The van der Waals surface area contributed by atoms with Crippen molar-refractivity contribution in [3.05, 3.63) is 29.8 Å². The quantitative estimate of drug-likeness (QED) is 0.877. The van der Waals surface area contributed by atoms with Gasteiger partial charge in [-0.15, -0.1) is 0 Å². The Kier molecular flexibility index (Phi) is 4.28. The molecular weight excluding hydrogens is 292 g/mol. The average Bonchev–Trinajstić information content (AvgIpc) is 2.58. The molecule has 2 aliphatic heterocycles. The molecule has 5 heteroatoms. The van der Waals surface area contributed by atoms with Crippen LogP contribution >= 0.6 is 0 Å². The molecule has 23 heavy (non-hydrogen) atoms. The van der Waals surface area contributed by atoms with Crippen LogP contribution in [0.4, 0.5) is 0 Å². The Labute approximate surface area is 136 Å². The maximum absolute atomic E-state index is 12.7. The average molecular weight is 316 g/mol. The van der Waals surface area contributed by atoms with E-state index in [0.29, 0.717) is 6.42 Å². The van der Waals surface area contributed by atoms with Crippen LogP contribution in [0.3, 0.4) is 0 Å². The highest BCUT2D eigenvalue weighted by molar-refractivity contribution is 5.83. The van der Waals surface area contributed by atoms with Gasteiger partial charge in [0, 0.05) is 26.1 Å². The van der Waals surface area contributed by atoms with Crippen LogP contribution < -0.4 is 5.32 Å². The van der Waals surface area contributed by atoms with E-state index in [1.165, 1.54) is 0 Å². The van der Waals surface area contributed by atoms with Gasteiger partial charge < -0.3 is 15.3 Å². The van der Waals surface area contributed by atoms with Crippen molar-refractivity contribution >= 4 is 11.8 Å². The smallest absolute Gasteiger partial charge is 0.229 e. The van der Waals surface area contributed by atoms with Crippen LogP contribution in [0.2, 0.25) is 0 Å². The molecule has 0 radical (unpaired) electrons. The molecule has 2 saturated heterocycles. The SMILES string of the molecule is C[C@@H](C(=O)N1CCC2(CCC(=O)NC2)CC1)c1ccc(O)cc1. The van der Waals surface area contributed by atoms with Gasteiger partial charge in [-0.25, -0.2) is 0 Å². The fraction of sp³-hybridized carbons (Fsp3) is 0.556. The van der Waals surface area contributed by atoms with Crippen LogP contribution in [0.1, 0.15) is 44.1 Å². The number of piperidine rings is 2. The molecule has 0 unspecified atom stereocenters. The summed E-state index contributed by atoms with van der Waals surface area (Å²) in [5.41, 5.74) is 1.12. The molecule has 2 fully saturated rings. The number of nitrogens with one attached hydrogen (secondary N) is 1. The Bertz CT molecular complexity index is 577. The Balaban J connectivity index is 1.59. The lowest BCUT2D eigenvalue weighted by Crippen LogP contribution is -2.51. The molecule has 1 spiro atoms. The van der Waals surface area contributed by atoms with Crippen molar-refractivity contribution in [2.24, 2.45) is 5.41 Å². The normalized spacial score (nSPS) is 21.8. The number of phenols is 1. The fourth-order valence-electron chi connectivity index (χ4n) is 3.65. The Morgan fingerprint density at radius 3 is 2.43 bits per heavy atom. The van der Waals surface area contributed by atoms with Gasteiger partial charge in [-0.1, -0.05) is 12.1 Å². The maximum atomic E-state index is 12.7. The molecule has 2 heterocycles. The summed E-state index contributed by atoms with van der Waals surface area (Å²) in [5, 5.41) is 12.3. The highest BCUT2D eigenvalue weighted by Gasteiger charge is 2.39. The molecule has 124 valence electrons. The maximum Gasteiger partial charge on any atom is 0.229 e. The number of carbonyl (C=O) groups is 2. The van der Waals surface area contributed by atoms with E-state index >= 15 is 0 Å². The van der Waals surface area contributed by atoms with Crippen molar-refractivity contribution in [3.63, 3.8) is 0 Å². The molecule has 0 aliphatic carbocycles. The molecule has 2 N–H and O–H groups in total. The highest BCUT2D eigenvalue weighted by atomic mass is 16.3. The largest absolute Gasteiger partial charge is 0.508 e. The first-order valence-electron chi connectivity index (χ1n) is 8.34. The summed E-state index contributed by atoms with van der Waals surface area (Å²) in [7, 11) is 0. The zero-order valence-corrected chi connectivity index (χ0v) is 13.5. The number of likely N-dealkylation sites (tertiary alicyclic amines) is 1. The van der Waals surface area contributed by atoms with Gasteiger partial charge in [-0.3, -0.25) is 9.59 Å². The second-order valence-electron chi connectivity index (χ2n) is 6.92. The third kappa shape index (κ3) is 3.33. The molecule has 2 amide bonds. The van der Waals surface area contributed by atoms with Crippen LogP contribution in [0, 0.1) is 5.41 Å². The van der Waals surface area contributed by atoms with Gasteiger partial charge in [0.05, 0.1) is 5.92 Å². The van der Waals surface area contributed by atoms with Gasteiger partial charge in [-0.2, -0.15) is 0 Å². The lowest BCUT2D eigenvalue weighted by Gasteiger charge is -2.44. The first-order chi connectivity index (χ1) is 11.0. The van der Waals surface area contributed by atoms with Gasteiger partial charge >= 0.3 is 0 Å². The fourth-order valence-corrected chi connectivity index (χ4v) is 3.65. The molecule has 0 aromatic heterocycles. The third-order valence-electron chi connectivity index (χ3n) is 5.44. The van der Waals surface area contributed by atoms with Gasteiger partial charge in [0.1, 0.15) is 5.75 Å². The first-order valence-corrected chi connectivity index (χ1v) is 8.34. The van der Waals surface area contributed by atoms with E-state index in [1.807, 2.05) is 11.8 Å². The lowest BCUT2D eigenvalue weighted by molar-refractivity contribution is -0.136. The standard InChI is InChI=1S/C18H24N2O3/c1-13(14-2-4-15(21)5-3-14)17(23)20-10-8-18(9-11-20)7-6-16(22)19-12-18/h2-5,13,21H,6-12H2,1H3,(H,19,22)/t13-/m1/s1. The van der Waals surface area contributed by atoms with E-state index in [2.05, 4.69) is 5.32 Å². The summed E-state index contributed by atoms with van der Waals surface area (Å²) in [6.45, 7) is 4.19. The summed E-state index contributed by atoms with van der Waals surface area (Å²) in [6, 6.07) is 6.85. The van der Waals surface area contributed by atoms with Crippen molar-refractivity contribution in [2.45, 2.75) is 38.5 Å². The third-order valence-corrected chi connectivity index (χ3v) is 5.44. The first kappa shape index (κ1) is 15.8. The van der Waals surface area contributed by atoms with E-state index in [9.17, 15) is 14.7 Å². The number of hydrogen-bond donors (Lipinski definition) is 2. The molecular formula is C18H24N2O3. The molecule has 0 saturated carbocycles.